The molecule has 0 aliphatic heterocycles. The van der Waals surface area contributed by atoms with E-state index in [0.29, 0.717) is 6.54 Å². The van der Waals surface area contributed by atoms with Gasteiger partial charge in [0, 0.05) is 11.1 Å². The maximum absolute atomic E-state index is 12.0. The van der Waals surface area contributed by atoms with Crippen LogP contribution in [-0.4, -0.2) is 25.1 Å². The summed E-state index contributed by atoms with van der Waals surface area (Å²) in [6.07, 6.45) is 0.821. The van der Waals surface area contributed by atoms with E-state index in [-0.39, 0.29) is 17.5 Å². The summed E-state index contributed by atoms with van der Waals surface area (Å²) < 4.78 is 5.36. The summed E-state index contributed by atoms with van der Waals surface area (Å²) in [4.78, 5) is 12.0. The molecule has 1 atom stereocenters. The van der Waals surface area contributed by atoms with Gasteiger partial charge >= 0.3 is 0 Å². The van der Waals surface area contributed by atoms with Crippen molar-refractivity contribution in [3.63, 3.8) is 0 Å². The topological polar surface area (TPSA) is 50.4 Å². The first kappa shape index (κ1) is 16.5. The molecule has 0 heterocycles. The molecule has 0 fully saturated rings. The molecule has 20 heavy (non-hydrogen) atoms. The van der Waals surface area contributed by atoms with Gasteiger partial charge in [0.25, 0.3) is 0 Å². The number of para-hydroxylation sites is 1. The number of rotatable bonds is 6. The molecule has 1 aromatic rings. The minimum absolute atomic E-state index is 0.00215. The van der Waals surface area contributed by atoms with E-state index >= 15 is 0 Å². The van der Waals surface area contributed by atoms with E-state index < -0.39 is 0 Å². The average molecular weight is 278 g/mol. The van der Waals surface area contributed by atoms with Crippen molar-refractivity contribution in [1.82, 2.24) is 10.6 Å². The highest BCUT2D eigenvalue weighted by atomic mass is 16.5. The number of nitrogens with one attached hydrogen (secondary N) is 2. The maximum Gasteiger partial charge on any atom is 0.234 e. The summed E-state index contributed by atoms with van der Waals surface area (Å²) in [5.74, 6) is 0.807. The fourth-order valence-electron chi connectivity index (χ4n) is 1.94. The van der Waals surface area contributed by atoms with Crippen LogP contribution in [0.25, 0.3) is 0 Å². The van der Waals surface area contributed by atoms with Crippen LogP contribution in [0.4, 0.5) is 0 Å². The summed E-state index contributed by atoms with van der Waals surface area (Å²) in [7, 11) is 1.65. The molecule has 4 heteroatoms. The molecule has 1 aromatic carbocycles. The minimum Gasteiger partial charge on any atom is -0.496 e. The number of hydrogen-bond acceptors (Lipinski definition) is 3. The molecular formula is C16H26N2O2. The van der Waals surface area contributed by atoms with E-state index in [1.807, 2.05) is 45.0 Å². The number of ether oxygens (including phenoxy) is 1. The third-order valence-electron chi connectivity index (χ3n) is 3.04. The molecule has 0 saturated heterocycles. The summed E-state index contributed by atoms with van der Waals surface area (Å²) in [6, 6.07) is 7.76. The summed E-state index contributed by atoms with van der Waals surface area (Å²) in [5.41, 5.74) is 0.949. The van der Waals surface area contributed by atoms with Gasteiger partial charge in [-0.05, 0) is 33.3 Å². The predicted molar refractivity (Wildman–Crippen MR) is 81.9 cm³/mol. The monoisotopic (exact) mass is 278 g/mol. The second-order valence-electron chi connectivity index (χ2n) is 5.87. The molecule has 0 spiro atoms. The van der Waals surface area contributed by atoms with Gasteiger partial charge in [-0.1, -0.05) is 25.1 Å². The first-order valence-corrected chi connectivity index (χ1v) is 7.04. The largest absolute Gasteiger partial charge is 0.496 e. The lowest BCUT2D eigenvalue weighted by Gasteiger charge is -2.23. The Kier molecular flexibility index (Phi) is 6.02. The first-order valence-electron chi connectivity index (χ1n) is 7.04. The Morgan fingerprint density at radius 3 is 2.50 bits per heavy atom. The third kappa shape index (κ3) is 5.21. The molecule has 1 rings (SSSR count). The number of carbonyl (C=O) groups is 1. The number of benzene rings is 1. The molecule has 0 radical (unpaired) electrons. The predicted octanol–water partition coefficient (Wildman–Crippen LogP) is 2.65. The Bertz CT molecular complexity index is 438. The van der Waals surface area contributed by atoms with Gasteiger partial charge in [0.15, 0.2) is 0 Å². The van der Waals surface area contributed by atoms with Crippen molar-refractivity contribution in [2.24, 2.45) is 0 Å². The normalized spacial score (nSPS) is 12.8. The zero-order valence-electron chi connectivity index (χ0n) is 13.1. The lowest BCUT2D eigenvalue weighted by atomic mass is 10.0. The van der Waals surface area contributed by atoms with Crippen LogP contribution in [0.3, 0.4) is 0 Å². The van der Waals surface area contributed by atoms with Crippen molar-refractivity contribution in [1.29, 1.82) is 0 Å². The van der Waals surface area contributed by atoms with Gasteiger partial charge in [-0.3, -0.25) is 4.79 Å². The second kappa shape index (κ2) is 7.29. The molecule has 112 valence electrons. The van der Waals surface area contributed by atoms with Gasteiger partial charge in [-0.25, -0.2) is 0 Å². The highest BCUT2D eigenvalue weighted by Gasteiger charge is 2.17. The summed E-state index contributed by atoms with van der Waals surface area (Å²) >= 11 is 0. The molecule has 0 aliphatic carbocycles. The number of amides is 1. The van der Waals surface area contributed by atoms with Gasteiger partial charge in [0.1, 0.15) is 5.75 Å². The van der Waals surface area contributed by atoms with E-state index in [1.54, 1.807) is 7.11 Å². The SMILES string of the molecule is CCC(NC(=O)CNC(C)(C)C)c1ccccc1OC. The molecule has 0 saturated carbocycles. The first-order chi connectivity index (χ1) is 9.37. The van der Waals surface area contributed by atoms with Crippen LogP contribution in [-0.2, 0) is 4.79 Å². The maximum atomic E-state index is 12.0. The molecule has 0 aliphatic rings. The van der Waals surface area contributed by atoms with Gasteiger partial charge in [0.2, 0.25) is 5.91 Å². The second-order valence-corrected chi connectivity index (χ2v) is 5.87. The van der Waals surface area contributed by atoms with Crippen molar-refractivity contribution in [2.75, 3.05) is 13.7 Å². The highest BCUT2D eigenvalue weighted by molar-refractivity contribution is 5.78. The molecule has 0 bridgehead atoms. The van der Waals surface area contributed by atoms with Crippen LogP contribution in [0.5, 0.6) is 5.75 Å². The zero-order chi connectivity index (χ0) is 15.2. The van der Waals surface area contributed by atoms with Gasteiger partial charge in [-0.2, -0.15) is 0 Å². The molecule has 0 aromatic heterocycles. The van der Waals surface area contributed by atoms with Crippen LogP contribution in [0.15, 0.2) is 24.3 Å². The summed E-state index contributed by atoms with van der Waals surface area (Å²) in [6.45, 7) is 8.48. The Morgan fingerprint density at radius 2 is 1.95 bits per heavy atom. The molecular weight excluding hydrogens is 252 g/mol. The van der Waals surface area contributed by atoms with Crippen molar-refractivity contribution in [3.8, 4) is 5.75 Å². The molecule has 1 unspecified atom stereocenters. The van der Waals surface area contributed by atoms with Crippen molar-refractivity contribution in [3.05, 3.63) is 29.8 Å². The Morgan fingerprint density at radius 1 is 1.30 bits per heavy atom. The fraction of sp³-hybridized carbons (Fsp3) is 0.562. The lowest BCUT2D eigenvalue weighted by molar-refractivity contribution is -0.121. The van der Waals surface area contributed by atoms with E-state index in [4.69, 9.17) is 4.74 Å². The number of carbonyl (C=O) groups excluding carboxylic acids is 1. The Labute approximate surface area is 121 Å². The van der Waals surface area contributed by atoms with Gasteiger partial charge < -0.3 is 15.4 Å². The quantitative estimate of drug-likeness (QED) is 0.841. The minimum atomic E-state index is -0.0660. The third-order valence-corrected chi connectivity index (χ3v) is 3.04. The van der Waals surface area contributed by atoms with Crippen molar-refractivity contribution in [2.45, 2.75) is 45.7 Å². The van der Waals surface area contributed by atoms with Crippen molar-refractivity contribution >= 4 is 5.91 Å². The van der Waals surface area contributed by atoms with E-state index in [1.165, 1.54) is 0 Å². The van der Waals surface area contributed by atoms with Gasteiger partial charge in [-0.15, -0.1) is 0 Å². The molecule has 4 nitrogen and oxygen atoms in total. The van der Waals surface area contributed by atoms with Crippen LogP contribution in [0, 0.1) is 0 Å². The Hall–Kier alpha value is -1.55. The van der Waals surface area contributed by atoms with Crippen molar-refractivity contribution < 1.29 is 9.53 Å². The molecule has 1 amide bonds. The number of hydrogen-bond donors (Lipinski definition) is 2. The van der Waals surface area contributed by atoms with Gasteiger partial charge in [0.05, 0.1) is 19.7 Å². The summed E-state index contributed by atoms with van der Waals surface area (Å²) in [5, 5.41) is 6.24. The lowest BCUT2D eigenvalue weighted by Crippen LogP contribution is -2.44. The standard InChI is InChI=1S/C16H26N2O2/c1-6-13(12-9-7-8-10-14(12)20-5)18-15(19)11-17-16(2,3)4/h7-10,13,17H,6,11H2,1-5H3,(H,18,19). The van der Waals surface area contributed by atoms with Crippen LogP contribution in [0.1, 0.15) is 45.7 Å². The zero-order valence-corrected chi connectivity index (χ0v) is 13.1. The average Bonchev–Trinajstić information content (AvgIpc) is 2.41. The van der Waals surface area contributed by atoms with E-state index in [0.717, 1.165) is 17.7 Å². The fourth-order valence-corrected chi connectivity index (χ4v) is 1.94. The van der Waals surface area contributed by atoms with Crippen LogP contribution in [0.2, 0.25) is 0 Å². The smallest absolute Gasteiger partial charge is 0.234 e. The highest BCUT2D eigenvalue weighted by Crippen LogP contribution is 2.26. The van der Waals surface area contributed by atoms with E-state index in [2.05, 4.69) is 17.6 Å². The Balaban J connectivity index is 2.70. The van der Waals surface area contributed by atoms with E-state index in [9.17, 15) is 4.79 Å². The number of methoxy groups -OCH3 is 1. The van der Waals surface area contributed by atoms with Crippen LogP contribution < -0.4 is 15.4 Å². The van der Waals surface area contributed by atoms with Crippen LogP contribution >= 0.6 is 0 Å². The molecule has 2 N–H and O–H groups in total.